The standard InChI is InChI=1S/C17H18F2N2/c18-14-6-7-16(19)17(9-14)21-10-13(8-15(20)11-21)12-4-2-1-3-5-12/h1-7,9,13,15H,8,10-11,20H2. The number of anilines is 1. The van der Waals surface area contributed by atoms with Gasteiger partial charge in [-0.3, -0.25) is 0 Å². The molecule has 0 aliphatic carbocycles. The highest BCUT2D eigenvalue weighted by Crippen LogP contribution is 2.31. The Morgan fingerprint density at radius 3 is 2.52 bits per heavy atom. The third-order valence-electron chi connectivity index (χ3n) is 4.00. The average Bonchev–Trinajstić information content (AvgIpc) is 2.50. The maximum Gasteiger partial charge on any atom is 0.146 e. The molecule has 2 aromatic rings. The first kappa shape index (κ1) is 14.0. The topological polar surface area (TPSA) is 29.3 Å². The van der Waals surface area contributed by atoms with E-state index in [1.807, 2.05) is 23.1 Å². The fourth-order valence-corrected chi connectivity index (χ4v) is 3.03. The summed E-state index contributed by atoms with van der Waals surface area (Å²) >= 11 is 0. The van der Waals surface area contributed by atoms with Gasteiger partial charge in [0.1, 0.15) is 11.6 Å². The van der Waals surface area contributed by atoms with Crippen LogP contribution in [0, 0.1) is 11.6 Å². The predicted octanol–water partition coefficient (Wildman–Crippen LogP) is 3.29. The molecule has 2 unspecified atom stereocenters. The molecule has 0 radical (unpaired) electrons. The Labute approximate surface area is 123 Å². The molecule has 1 saturated heterocycles. The van der Waals surface area contributed by atoms with E-state index in [2.05, 4.69) is 12.1 Å². The Hall–Kier alpha value is -1.94. The molecule has 110 valence electrons. The summed E-state index contributed by atoms with van der Waals surface area (Å²) in [5.74, 6) is -0.600. The summed E-state index contributed by atoms with van der Waals surface area (Å²) in [5.41, 5.74) is 7.61. The highest BCUT2D eigenvalue weighted by atomic mass is 19.1. The van der Waals surface area contributed by atoms with Gasteiger partial charge in [-0.15, -0.1) is 0 Å². The van der Waals surface area contributed by atoms with E-state index >= 15 is 0 Å². The van der Waals surface area contributed by atoms with Gasteiger partial charge in [0.2, 0.25) is 0 Å². The summed E-state index contributed by atoms with van der Waals surface area (Å²) in [6, 6.07) is 13.6. The SMILES string of the molecule is NC1CC(c2ccccc2)CN(c2cc(F)ccc2F)C1. The molecule has 2 atom stereocenters. The largest absolute Gasteiger partial charge is 0.367 e. The fourth-order valence-electron chi connectivity index (χ4n) is 3.03. The monoisotopic (exact) mass is 288 g/mol. The van der Waals surface area contributed by atoms with Gasteiger partial charge in [-0.25, -0.2) is 8.78 Å². The van der Waals surface area contributed by atoms with E-state index in [1.54, 1.807) is 0 Å². The van der Waals surface area contributed by atoms with Gasteiger partial charge in [-0.05, 0) is 24.1 Å². The van der Waals surface area contributed by atoms with Crippen LogP contribution < -0.4 is 10.6 Å². The maximum atomic E-state index is 14.0. The third kappa shape index (κ3) is 3.05. The number of nitrogens with two attached hydrogens (primary N) is 1. The van der Waals surface area contributed by atoms with Crippen LogP contribution in [0.3, 0.4) is 0 Å². The lowest BCUT2D eigenvalue weighted by atomic mass is 9.88. The third-order valence-corrected chi connectivity index (χ3v) is 4.00. The molecular weight excluding hydrogens is 270 g/mol. The van der Waals surface area contributed by atoms with Crippen molar-refractivity contribution in [3.63, 3.8) is 0 Å². The zero-order valence-corrected chi connectivity index (χ0v) is 11.7. The van der Waals surface area contributed by atoms with Crippen molar-refractivity contribution in [2.75, 3.05) is 18.0 Å². The molecule has 21 heavy (non-hydrogen) atoms. The van der Waals surface area contributed by atoms with E-state index in [4.69, 9.17) is 5.73 Å². The molecule has 2 nitrogen and oxygen atoms in total. The Morgan fingerprint density at radius 2 is 1.76 bits per heavy atom. The van der Waals surface area contributed by atoms with E-state index < -0.39 is 11.6 Å². The van der Waals surface area contributed by atoms with E-state index in [9.17, 15) is 8.78 Å². The normalized spacial score (nSPS) is 22.3. The molecule has 3 rings (SSSR count). The van der Waals surface area contributed by atoms with Crippen molar-refractivity contribution < 1.29 is 8.78 Å². The quantitative estimate of drug-likeness (QED) is 0.919. The number of piperidine rings is 1. The lowest BCUT2D eigenvalue weighted by Gasteiger charge is -2.38. The molecule has 0 bridgehead atoms. The molecule has 0 spiro atoms. The number of benzene rings is 2. The van der Waals surface area contributed by atoms with Gasteiger partial charge in [0.25, 0.3) is 0 Å². The van der Waals surface area contributed by atoms with Gasteiger partial charge >= 0.3 is 0 Å². The maximum absolute atomic E-state index is 14.0. The van der Waals surface area contributed by atoms with Crippen molar-refractivity contribution in [2.24, 2.45) is 5.73 Å². The molecule has 1 aliphatic heterocycles. The van der Waals surface area contributed by atoms with Crippen LogP contribution in [0.2, 0.25) is 0 Å². The van der Waals surface area contributed by atoms with Crippen molar-refractivity contribution in [1.29, 1.82) is 0 Å². The van der Waals surface area contributed by atoms with E-state index in [1.165, 1.54) is 17.7 Å². The van der Waals surface area contributed by atoms with Crippen molar-refractivity contribution in [3.05, 3.63) is 65.7 Å². The molecule has 4 heteroatoms. The minimum absolute atomic E-state index is 0.0494. The summed E-state index contributed by atoms with van der Waals surface area (Å²) in [5, 5.41) is 0. The zero-order valence-electron chi connectivity index (χ0n) is 11.7. The van der Waals surface area contributed by atoms with Gasteiger partial charge in [0, 0.05) is 31.1 Å². The number of hydrogen-bond acceptors (Lipinski definition) is 2. The van der Waals surface area contributed by atoms with Crippen molar-refractivity contribution in [1.82, 2.24) is 0 Å². The highest BCUT2D eigenvalue weighted by molar-refractivity contribution is 5.49. The minimum atomic E-state index is -0.429. The van der Waals surface area contributed by atoms with Gasteiger partial charge in [0.15, 0.2) is 0 Å². The van der Waals surface area contributed by atoms with Crippen LogP contribution in [0.1, 0.15) is 17.9 Å². The molecular formula is C17H18F2N2. The molecule has 2 N–H and O–H groups in total. The first-order chi connectivity index (χ1) is 10.1. The smallest absolute Gasteiger partial charge is 0.146 e. The van der Waals surface area contributed by atoms with Gasteiger partial charge < -0.3 is 10.6 Å². The summed E-state index contributed by atoms with van der Waals surface area (Å²) in [4.78, 5) is 1.85. The second-order valence-electron chi connectivity index (χ2n) is 5.60. The molecule has 1 fully saturated rings. The number of halogens is 2. The summed E-state index contributed by atoms with van der Waals surface area (Å²) in [6.07, 6.45) is 0.859. The van der Waals surface area contributed by atoms with Crippen molar-refractivity contribution in [2.45, 2.75) is 18.4 Å². The number of hydrogen-bond donors (Lipinski definition) is 1. The zero-order chi connectivity index (χ0) is 14.8. The van der Waals surface area contributed by atoms with Gasteiger partial charge in [-0.1, -0.05) is 30.3 Å². The molecule has 0 saturated carbocycles. The fraction of sp³-hybridized carbons (Fsp3) is 0.294. The van der Waals surface area contributed by atoms with Crippen molar-refractivity contribution >= 4 is 5.69 Å². The van der Waals surface area contributed by atoms with E-state index in [-0.39, 0.29) is 12.0 Å². The first-order valence-electron chi connectivity index (χ1n) is 7.14. The summed E-state index contributed by atoms with van der Waals surface area (Å²) in [6.45, 7) is 1.20. The molecule has 1 aliphatic rings. The number of rotatable bonds is 2. The van der Waals surface area contributed by atoms with Crippen LogP contribution in [0.4, 0.5) is 14.5 Å². The first-order valence-corrected chi connectivity index (χ1v) is 7.14. The van der Waals surface area contributed by atoms with Crippen LogP contribution in [0.15, 0.2) is 48.5 Å². The van der Waals surface area contributed by atoms with Crippen molar-refractivity contribution in [3.8, 4) is 0 Å². The molecule has 0 amide bonds. The van der Waals surface area contributed by atoms with Gasteiger partial charge in [-0.2, -0.15) is 0 Å². The average molecular weight is 288 g/mol. The van der Waals surface area contributed by atoms with Crippen LogP contribution in [0.5, 0.6) is 0 Å². The van der Waals surface area contributed by atoms with Crippen LogP contribution in [-0.2, 0) is 0 Å². The second kappa shape index (κ2) is 5.82. The molecule has 0 aromatic heterocycles. The molecule has 1 heterocycles. The van der Waals surface area contributed by atoms with E-state index in [0.29, 0.717) is 18.8 Å². The summed E-state index contributed by atoms with van der Waals surface area (Å²) < 4.78 is 27.4. The van der Waals surface area contributed by atoms with Crippen LogP contribution in [-0.4, -0.2) is 19.1 Å². The predicted molar refractivity (Wildman–Crippen MR) is 80.3 cm³/mol. The lowest BCUT2D eigenvalue weighted by Crippen LogP contribution is -2.46. The Kier molecular flexibility index (Phi) is 3.88. The number of nitrogens with zero attached hydrogens (tertiary/aromatic N) is 1. The second-order valence-corrected chi connectivity index (χ2v) is 5.60. The minimum Gasteiger partial charge on any atom is -0.367 e. The Bertz CT molecular complexity index is 615. The van der Waals surface area contributed by atoms with Crippen LogP contribution >= 0.6 is 0 Å². The highest BCUT2D eigenvalue weighted by Gasteiger charge is 2.27. The summed E-state index contributed by atoms with van der Waals surface area (Å²) in [7, 11) is 0. The Morgan fingerprint density at radius 1 is 1.00 bits per heavy atom. The Balaban J connectivity index is 1.88. The lowest BCUT2D eigenvalue weighted by molar-refractivity contribution is 0.448. The van der Waals surface area contributed by atoms with Gasteiger partial charge in [0.05, 0.1) is 5.69 Å². The molecule has 2 aromatic carbocycles. The van der Waals surface area contributed by atoms with E-state index in [0.717, 1.165) is 12.5 Å². The van der Waals surface area contributed by atoms with Crippen LogP contribution in [0.25, 0.3) is 0 Å².